The van der Waals surface area contributed by atoms with E-state index in [1.165, 1.54) is 0 Å². The number of nitrogens with zero attached hydrogens (tertiary/aromatic N) is 2. The lowest BCUT2D eigenvalue weighted by molar-refractivity contribution is 0.112. The van der Waals surface area contributed by atoms with Crippen molar-refractivity contribution in [3.63, 3.8) is 0 Å². The molecule has 2 rings (SSSR count). The Morgan fingerprint density at radius 1 is 1.50 bits per heavy atom. The lowest BCUT2D eigenvalue weighted by Crippen LogP contribution is -1.94. The molecule has 0 aliphatic rings. The van der Waals surface area contributed by atoms with E-state index in [-0.39, 0.29) is 0 Å². The van der Waals surface area contributed by atoms with E-state index in [9.17, 15) is 4.79 Å². The van der Waals surface area contributed by atoms with Crippen molar-refractivity contribution in [1.82, 2.24) is 9.78 Å². The number of aryl methyl sites for hydroxylation is 1. The Balaban J connectivity index is 2.01. The standard InChI is InChI=1S/C12H12N2O2/c1-14-7-11(6-13-14)9-16-12-4-2-3-10(5-12)8-15/h2-8H,9H2,1H3. The Kier molecular flexibility index (Phi) is 3.00. The minimum atomic E-state index is 0.455. The summed E-state index contributed by atoms with van der Waals surface area (Å²) in [5.41, 5.74) is 1.61. The highest BCUT2D eigenvalue weighted by Crippen LogP contribution is 2.13. The first-order valence-electron chi connectivity index (χ1n) is 4.93. The van der Waals surface area contributed by atoms with Crippen molar-refractivity contribution in [2.45, 2.75) is 6.61 Å². The molecule has 0 spiro atoms. The third-order valence-corrected chi connectivity index (χ3v) is 2.16. The van der Waals surface area contributed by atoms with Crippen LogP contribution in [0, 0.1) is 0 Å². The third-order valence-electron chi connectivity index (χ3n) is 2.16. The largest absolute Gasteiger partial charge is 0.489 e. The van der Waals surface area contributed by atoms with Gasteiger partial charge in [0, 0.05) is 24.4 Å². The van der Waals surface area contributed by atoms with Crippen LogP contribution in [0.2, 0.25) is 0 Å². The van der Waals surface area contributed by atoms with Gasteiger partial charge in [0.25, 0.3) is 0 Å². The predicted octanol–water partition coefficient (Wildman–Crippen LogP) is 1.81. The van der Waals surface area contributed by atoms with Crippen molar-refractivity contribution in [2.24, 2.45) is 7.05 Å². The Hall–Kier alpha value is -2.10. The maximum absolute atomic E-state index is 10.6. The Morgan fingerprint density at radius 3 is 3.06 bits per heavy atom. The zero-order valence-electron chi connectivity index (χ0n) is 8.96. The first-order valence-corrected chi connectivity index (χ1v) is 4.93. The second-order valence-electron chi connectivity index (χ2n) is 3.50. The van der Waals surface area contributed by atoms with Gasteiger partial charge in [0.05, 0.1) is 6.20 Å². The summed E-state index contributed by atoms with van der Waals surface area (Å²) in [6.07, 6.45) is 4.45. The van der Waals surface area contributed by atoms with Crippen molar-refractivity contribution in [1.29, 1.82) is 0 Å². The van der Waals surface area contributed by atoms with Gasteiger partial charge in [0.2, 0.25) is 0 Å². The van der Waals surface area contributed by atoms with E-state index >= 15 is 0 Å². The number of rotatable bonds is 4. The van der Waals surface area contributed by atoms with Gasteiger partial charge in [-0.15, -0.1) is 0 Å². The van der Waals surface area contributed by atoms with Gasteiger partial charge < -0.3 is 4.74 Å². The third kappa shape index (κ3) is 2.48. The molecular weight excluding hydrogens is 204 g/mol. The summed E-state index contributed by atoms with van der Waals surface area (Å²) in [6, 6.07) is 7.07. The first-order chi connectivity index (χ1) is 7.78. The van der Waals surface area contributed by atoms with Crippen LogP contribution in [0.15, 0.2) is 36.7 Å². The molecule has 4 nitrogen and oxygen atoms in total. The van der Waals surface area contributed by atoms with Gasteiger partial charge >= 0.3 is 0 Å². The summed E-state index contributed by atoms with van der Waals surface area (Å²) >= 11 is 0. The molecule has 0 aliphatic carbocycles. The molecule has 0 aliphatic heterocycles. The fourth-order valence-corrected chi connectivity index (χ4v) is 1.39. The molecule has 0 saturated carbocycles. The number of carbonyl (C=O) groups is 1. The highest BCUT2D eigenvalue weighted by atomic mass is 16.5. The van der Waals surface area contributed by atoms with E-state index in [1.807, 2.05) is 19.3 Å². The van der Waals surface area contributed by atoms with Gasteiger partial charge in [-0.1, -0.05) is 12.1 Å². The predicted molar refractivity (Wildman–Crippen MR) is 59.4 cm³/mol. The van der Waals surface area contributed by atoms with E-state index < -0.39 is 0 Å². The van der Waals surface area contributed by atoms with Crippen LogP contribution in [-0.2, 0) is 13.7 Å². The summed E-state index contributed by atoms with van der Waals surface area (Å²) in [7, 11) is 1.86. The number of carbonyl (C=O) groups excluding carboxylic acids is 1. The first kappa shape index (κ1) is 10.4. The summed E-state index contributed by atoms with van der Waals surface area (Å²) < 4.78 is 7.26. The van der Waals surface area contributed by atoms with Crippen molar-refractivity contribution in [3.05, 3.63) is 47.8 Å². The number of ether oxygens (including phenoxy) is 1. The lowest BCUT2D eigenvalue weighted by atomic mass is 10.2. The maximum Gasteiger partial charge on any atom is 0.150 e. The lowest BCUT2D eigenvalue weighted by Gasteiger charge is -2.04. The second kappa shape index (κ2) is 4.61. The molecule has 0 atom stereocenters. The highest BCUT2D eigenvalue weighted by molar-refractivity contribution is 5.75. The monoisotopic (exact) mass is 216 g/mol. The average Bonchev–Trinajstić information content (AvgIpc) is 2.73. The topological polar surface area (TPSA) is 44.1 Å². The van der Waals surface area contributed by atoms with Crippen LogP contribution in [0.25, 0.3) is 0 Å². The van der Waals surface area contributed by atoms with Crippen LogP contribution < -0.4 is 4.74 Å². The van der Waals surface area contributed by atoms with Gasteiger partial charge in [-0.05, 0) is 12.1 Å². The van der Waals surface area contributed by atoms with E-state index in [0.717, 1.165) is 11.8 Å². The van der Waals surface area contributed by atoms with Crippen LogP contribution in [0.5, 0.6) is 5.75 Å². The summed E-state index contributed by atoms with van der Waals surface area (Å²) in [5, 5.41) is 4.04. The molecule has 4 heteroatoms. The summed E-state index contributed by atoms with van der Waals surface area (Å²) in [5.74, 6) is 0.688. The molecule has 0 fully saturated rings. The normalized spacial score (nSPS) is 10.1. The second-order valence-corrected chi connectivity index (χ2v) is 3.50. The molecule has 0 radical (unpaired) electrons. The summed E-state index contributed by atoms with van der Waals surface area (Å²) in [4.78, 5) is 10.6. The van der Waals surface area contributed by atoms with E-state index in [0.29, 0.717) is 17.9 Å². The molecule has 82 valence electrons. The molecule has 0 unspecified atom stereocenters. The number of aldehydes is 1. The van der Waals surface area contributed by atoms with Crippen LogP contribution in [0.1, 0.15) is 15.9 Å². The molecule has 1 aromatic heterocycles. The zero-order valence-corrected chi connectivity index (χ0v) is 8.96. The molecule has 0 N–H and O–H groups in total. The maximum atomic E-state index is 10.6. The van der Waals surface area contributed by atoms with Gasteiger partial charge in [0.1, 0.15) is 18.6 Å². The highest BCUT2D eigenvalue weighted by Gasteiger charge is 1.99. The molecule has 16 heavy (non-hydrogen) atoms. The Morgan fingerprint density at radius 2 is 2.38 bits per heavy atom. The molecule has 1 aromatic carbocycles. The van der Waals surface area contributed by atoms with E-state index in [1.54, 1.807) is 29.1 Å². The summed E-state index contributed by atoms with van der Waals surface area (Å²) in [6.45, 7) is 0.455. The molecule has 0 amide bonds. The molecule has 2 aromatic rings. The van der Waals surface area contributed by atoms with E-state index in [4.69, 9.17) is 4.74 Å². The fourth-order valence-electron chi connectivity index (χ4n) is 1.39. The fraction of sp³-hybridized carbons (Fsp3) is 0.167. The van der Waals surface area contributed by atoms with Crippen LogP contribution >= 0.6 is 0 Å². The number of aromatic nitrogens is 2. The molecule has 0 saturated heterocycles. The molecular formula is C12H12N2O2. The Bertz CT molecular complexity index is 491. The Labute approximate surface area is 93.5 Å². The van der Waals surface area contributed by atoms with Crippen LogP contribution in [0.3, 0.4) is 0 Å². The minimum Gasteiger partial charge on any atom is -0.489 e. The number of benzene rings is 1. The van der Waals surface area contributed by atoms with Gasteiger partial charge in [-0.3, -0.25) is 9.48 Å². The SMILES string of the molecule is Cn1cc(COc2cccc(C=O)c2)cn1. The average molecular weight is 216 g/mol. The number of hydrogen-bond acceptors (Lipinski definition) is 3. The molecule has 0 bridgehead atoms. The van der Waals surface area contributed by atoms with Gasteiger partial charge in [-0.25, -0.2) is 0 Å². The minimum absolute atomic E-state index is 0.455. The van der Waals surface area contributed by atoms with Crippen molar-refractivity contribution >= 4 is 6.29 Å². The van der Waals surface area contributed by atoms with Crippen molar-refractivity contribution < 1.29 is 9.53 Å². The molecule has 1 heterocycles. The van der Waals surface area contributed by atoms with Crippen molar-refractivity contribution in [2.75, 3.05) is 0 Å². The zero-order chi connectivity index (χ0) is 11.4. The van der Waals surface area contributed by atoms with Crippen molar-refractivity contribution in [3.8, 4) is 5.75 Å². The number of hydrogen-bond donors (Lipinski definition) is 0. The van der Waals surface area contributed by atoms with Gasteiger partial charge in [-0.2, -0.15) is 5.10 Å². The smallest absolute Gasteiger partial charge is 0.150 e. The quantitative estimate of drug-likeness (QED) is 0.732. The van der Waals surface area contributed by atoms with E-state index in [2.05, 4.69) is 5.10 Å². The van der Waals surface area contributed by atoms with Crippen LogP contribution in [0.4, 0.5) is 0 Å². The van der Waals surface area contributed by atoms with Crippen LogP contribution in [-0.4, -0.2) is 16.1 Å². The van der Waals surface area contributed by atoms with Gasteiger partial charge in [0.15, 0.2) is 0 Å².